The Morgan fingerprint density at radius 1 is 1.30 bits per heavy atom. The molecule has 5 nitrogen and oxygen atoms in total. The summed E-state index contributed by atoms with van der Waals surface area (Å²) in [7, 11) is 5.41. The van der Waals surface area contributed by atoms with Gasteiger partial charge in [0, 0.05) is 44.1 Å². The molecule has 0 spiro atoms. The molecule has 0 amide bonds. The first-order valence-electron chi connectivity index (χ1n) is 9.79. The third-order valence-electron chi connectivity index (χ3n) is 6.15. The maximum atomic E-state index is 13.1. The Morgan fingerprint density at radius 2 is 2.04 bits per heavy atom. The molecule has 2 aliphatic rings. The molecule has 0 bridgehead atoms. The number of nitrogens with zero attached hydrogens (tertiary/aromatic N) is 2. The van der Waals surface area contributed by atoms with Gasteiger partial charge in [-0.05, 0) is 49.6 Å². The first kappa shape index (κ1) is 20.1. The second-order valence-corrected chi connectivity index (χ2v) is 7.76. The SMILES string of the molecule is COc1cc2c(cc1OC)C1CCC(N(C)CC(CF)CC=O)CN1CC2. The van der Waals surface area contributed by atoms with Gasteiger partial charge in [-0.15, -0.1) is 0 Å². The van der Waals surface area contributed by atoms with Gasteiger partial charge < -0.3 is 19.2 Å². The van der Waals surface area contributed by atoms with Crippen molar-refractivity contribution in [1.29, 1.82) is 0 Å². The predicted molar refractivity (Wildman–Crippen MR) is 103 cm³/mol. The highest BCUT2D eigenvalue weighted by atomic mass is 19.1. The monoisotopic (exact) mass is 378 g/mol. The molecule has 1 fully saturated rings. The molecule has 1 saturated heterocycles. The molecule has 150 valence electrons. The molecule has 3 atom stereocenters. The summed E-state index contributed by atoms with van der Waals surface area (Å²) >= 11 is 0. The zero-order chi connectivity index (χ0) is 19.4. The minimum atomic E-state index is -0.433. The summed E-state index contributed by atoms with van der Waals surface area (Å²) in [5.41, 5.74) is 2.70. The number of methoxy groups -OCH3 is 2. The van der Waals surface area contributed by atoms with Crippen LogP contribution >= 0.6 is 0 Å². The van der Waals surface area contributed by atoms with Crippen molar-refractivity contribution in [3.05, 3.63) is 23.3 Å². The number of hydrogen-bond acceptors (Lipinski definition) is 5. The second-order valence-electron chi connectivity index (χ2n) is 7.76. The third kappa shape index (κ3) is 4.27. The summed E-state index contributed by atoms with van der Waals surface area (Å²) in [4.78, 5) is 15.5. The Hall–Kier alpha value is -1.66. The maximum absolute atomic E-state index is 13.1. The van der Waals surface area contributed by atoms with Gasteiger partial charge in [0.05, 0.1) is 20.9 Å². The molecule has 1 aromatic carbocycles. The van der Waals surface area contributed by atoms with E-state index in [1.807, 2.05) is 0 Å². The topological polar surface area (TPSA) is 42.0 Å². The van der Waals surface area contributed by atoms with E-state index >= 15 is 0 Å². The quantitative estimate of drug-likeness (QED) is 0.651. The summed E-state index contributed by atoms with van der Waals surface area (Å²) in [6.45, 7) is 2.21. The van der Waals surface area contributed by atoms with Crippen molar-refractivity contribution in [1.82, 2.24) is 9.80 Å². The third-order valence-corrected chi connectivity index (χ3v) is 6.15. The van der Waals surface area contributed by atoms with Gasteiger partial charge in [-0.1, -0.05) is 0 Å². The lowest BCUT2D eigenvalue weighted by Crippen LogP contribution is -2.50. The Balaban J connectivity index is 1.70. The number of piperidine rings is 1. The maximum Gasteiger partial charge on any atom is 0.161 e. The molecule has 3 unspecified atom stereocenters. The van der Waals surface area contributed by atoms with Crippen molar-refractivity contribution >= 4 is 6.29 Å². The van der Waals surface area contributed by atoms with Crippen LogP contribution in [0.2, 0.25) is 0 Å². The Labute approximate surface area is 161 Å². The van der Waals surface area contributed by atoms with Crippen LogP contribution in [0.1, 0.15) is 36.4 Å². The zero-order valence-corrected chi connectivity index (χ0v) is 16.6. The number of ether oxygens (including phenoxy) is 2. The highest BCUT2D eigenvalue weighted by Gasteiger charge is 2.35. The summed E-state index contributed by atoms with van der Waals surface area (Å²) in [6, 6.07) is 5.07. The van der Waals surface area contributed by atoms with Crippen molar-refractivity contribution in [2.75, 3.05) is 47.6 Å². The number of benzene rings is 1. The Bertz CT molecular complexity index is 655. The fourth-order valence-electron chi connectivity index (χ4n) is 4.59. The van der Waals surface area contributed by atoms with Gasteiger partial charge in [0.25, 0.3) is 0 Å². The summed E-state index contributed by atoms with van der Waals surface area (Å²) < 4.78 is 24.1. The van der Waals surface area contributed by atoms with Crippen molar-refractivity contribution in [2.45, 2.75) is 37.8 Å². The van der Waals surface area contributed by atoms with Crippen LogP contribution in [0.4, 0.5) is 4.39 Å². The Kier molecular flexibility index (Phi) is 6.71. The zero-order valence-electron chi connectivity index (χ0n) is 16.6. The van der Waals surface area contributed by atoms with Crippen LogP contribution in [0.3, 0.4) is 0 Å². The lowest BCUT2D eigenvalue weighted by molar-refractivity contribution is -0.109. The van der Waals surface area contributed by atoms with E-state index in [4.69, 9.17) is 9.47 Å². The molecular weight excluding hydrogens is 347 g/mol. The van der Waals surface area contributed by atoms with Gasteiger partial charge in [-0.25, -0.2) is 0 Å². The first-order chi connectivity index (χ1) is 13.1. The first-order valence-corrected chi connectivity index (χ1v) is 9.79. The van der Waals surface area contributed by atoms with Crippen LogP contribution in [0.5, 0.6) is 11.5 Å². The van der Waals surface area contributed by atoms with Gasteiger partial charge in [-0.2, -0.15) is 0 Å². The molecule has 3 rings (SSSR count). The molecule has 1 aromatic rings. The highest BCUT2D eigenvalue weighted by Crippen LogP contribution is 2.42. The average molecular weight is 378 g/mol. The summed E-state index contributed by atoms with van der Waals surface area (Å²) in [5.74, 6) is 1.39. The summed E-state index contributed by atoms with van der Waals surface area (Å²) in [5, 5.41) is 0. The van der Waals surface area contributed by atoms with E-state index in [9.17, 15) is 9.18 Å². The van der Waals surface area contributed by atoms with E-state index in [1.54, 1.807) is 14.2 Å². The molecular formula is C21H31FN2O3. The van der Waals surface area contributed by atoms with Crippen molar-refractivity contribution in [3.8, 4) is 11.5 Å². The van der Waals surface area contributed by atoms with E-state index in [1.165, 1.54) is 11.1 Å². The van der Waals surface area contributed by atoms with Gasteiger partial charge in [0.2, 0.25) is 0 Å². The fraction of sp³-hybridized carbons (Fsp3) is 0.667. The van der Waals surface area contributed by atoms with E-state index in [-0.39, 0.29) is 5.92 Å². The molecule has 0 saturated carbocycles. The van der Waals surface area contributed by atoms with Crippen LogP contribution in [0.25, 0.3) is 0 Å². The lowest BCUT2D eigenvalue weighted by Gasteiger charge is -2.46. The molecule has 2 aliphatic heterocycles. The largest absolute Gasteiger partial charge is 0.493 e. The number of aldehydes is 1. The lowest BCUT2D eigenvalue weighted by atomic mass is 9.85. The number of fused-ring (bicyclic) bond motifs is 3. The van der Waals surface area contributed by atoms with Gasteiger partial charge in [0.15, 0.2) is 11.5 Å². The number of carbonyl (C=O) groups excluding carboxylic acids is 1. The minimum absolute atomic E-state index is 0.191. The molecule has 0 aliphatic carbocycles. The molecule has 0 aromatic heterocycles. The van der Waals surface area contributed by atoms with Crippen LogP contribution in [-0.2, 0) is 11.2 Å². The molecule has 2 heterocycles. The smallest absolute Gasteiger partial charge is 0.161 e. The van der Waals surface area contributed by atoms with Gasteiger partial charge in [-0.3, -0.25) is 9.29 Å². The van der Waals surface area contributed by atoms with Gasteiger partial charge in [0.1, 0.15) is 6.29 Å². The van der Waals surface area contributed by atoms with Crippen molar-refractivity contribution < 1.29 is 18.7 Å². The number of carbonyl (C=O) groups is 1. The van der Waals surface area contributed by atoms with Crippen LogP contribution < -0.4 is 9.47 Å². The van der Waals surface area contributed by atoms with E-state index in [0.29, 0.717) is 25.0 Å². The van der Waals surface area contributed by atoms with Crippen LogP contribution in [0.15, 0.2) is 12.1 Å². The van der Waals surface area contributed by atoms with E-state index in [0.717, 1.165) is 50.1 Å². The number of hydrogen-bond donors (Lipinski definition) is 0. The van der Waals surface area contributed by atoms with Crippen molar-refractivity contribution in [2.24, 2.45) is 5.92 Å². The average Bonchev–Trinajstić information content (AvgIpc) is 2.71. The van der Waals surface area contributed by atoms with Gasteiger partial charge >= 0.3 is 0 Å². The Morgan fingerprint density at radius 3 is 2.70 bits per heavy atom. The number of likely N-dealkylation sites (N-methyl/N-ethyl adjacent to an activating group) is 1. The highest BCUT2D eigenvalue weighted by molar-refractivity contribution is 5.50. The van der Waals surface area contributed by atoms with Crippen LogP contribution in [0, 0.1) is 5.92 Å². The minimum Gasteiger partial charge on any atom is -0.493 e. The molecule has 0 radical (unpaired) electrons. The molecule has 6 heteroatoms. The fourth-order valence-corrected chi connectivity index (χ4v) is 4.59. The summed E-state index contributed by atoms with van der Waals surface area (Å²) in [6.07, 6.45) is 4.28. The number of rotatable bonds is 8. The predicted octanol–water partition coefficient (Wildman–Crippen LogP) is 2.87. The molecule has 0 N–H and O–H groups in total. The standard InChI is InChI=1S/C21H31FN2O3/c1-23(13-15(12-22)7-9-25)17-4-5-19-18-11-21(27-3)20(26-2)10-16(18)6-8-24(19)14-17/h9-11,15,17,19H,4-8,12-14H2,1-3H3. The molecule has 27 heavy (non-hydrogen) atoms. The van der Waals surface area contributed by atoms with Crippen molar-refractivity contribution in [3.63, 3.8) is 0 Å². The van der Waals surface area contributed by atoms with E-state index in [2.05, 4.69) is 29.0 Å². The van der Waals surface area contributed by atoms with Crippen LogP contribution in [-0.4, -0.2) is 69.7 Å². The number of alkyl halides is 1. The number of halogens is 1. The van der Waals surface area contributed by atoms with E-state index < -0.39 is 6.67 Å². The second kappa shape index (κ2) is 9.02. The normalized spacial score (nSPS) is 23.4.